The van der Waals surface area contributed by atoms with Gasteiger partial charge in [-0.3, -0.25) is 4.79 Å². The third-order valence-electron chi connectivity index (χ3n) is 2.57. The van der Waals surface area contributed by atoms with Gasteiger partial charge in [0.1, 0.15) is 0 Å². The summed E-state index contributed by atoms with van der Waals surface area (Å²) in [6.45, 7) is 7.06. The normalized spacial score (nSPS) is 12.7. The van der Waals surface area contributed by atoms with Gasteiger partial charge in [-0.2, -0.15) is 0 Å². The van der Waals surface area contributed by atoms with E-state index < -0.39 is 0 Å². The van der Waals surface area contributed by atoms with E-state index in [-0.39, 0.29) is 11.7 Å². The van der Waals surface area contributed by atoms with E-state index in [2.05, 4.69) is 18.8 Å². The summed E-state index contributed by atoms with van der Waals surface area (Å²) < 4.78 is 1.95. The van der Waals surface area contributed by atoms with Crippen LogP contribution in [-0.2, 0) is 6.54 Å². The second kappa shape index (κ2) is 5.69. The van der Waals surface area contributed by atoms with Gasteiger partial charge in [-0.1, -0.05) is 27.2 Å². The average Bonchev–Trinajstić information content (AvgIpc) is 2.66. The van der Waals surface area contributed by atoms with Crippen LogP contribution in [0.25, 0.3) is 0 Å². The summed E-state index contributed by atoms with van der Waals surface area (Å²) >= 11 is 0. The van der Waals surface area contributed by atoms with E-state index in [4.69, 9.17) is 0 Å². The lowest BCUT2D eigenvalue weighted by Gasteiger charge is -2.10. The van der Waals surface area contributed by atoms with Gasteiger partial charge in [-0.15, -0.1) is 0 Å². The van der Waals surface area contributed by atoms with Crippen LogP contribution < -0.4 is 0 Å². The summed E-state index contributed by atoms with van der Waals surface area (Å²) in [7, 11) is 0. The van der Waals surface area contributed by atoms with Crippen LogP contribution in [0, 0.1) is 5.92 Å². The van der Waals surface area contributed by atoms with Crippen molar-refractivity contribution in [2.24, 2.45) is 5.92 Å². The zero-order valence-electron chi connectivity index (χ0n) is 9.86. The molecule has 0 aromatic carbocycles. The molecule has 1 aromatic heterocycles. The number of hydrogen-bond acceptors (Lipinski definition) is 2. The molecule has 0 saturated carbocycles. The minimum atomic E-state index is 0.0907. The van der Waals surface area contributed by atoms with Crippen LogP contribution in [0.4, 0.5) is 0 Å². The number of carbonyl (C=O) groups excluding carboxylic acids is 1. The summed E-state index contributed by atoms with van der Waals surface area (Å²) in [6, 6.07) is 0. The Balaban J connectivity index is 2.76. The average molecular weight is 208 g/mol. The van der Waals surface area contributed by atoms with Crippen molar-refractivity contribution < 1.29 is 4.79 Å². The number of imidazole rings is 1. The predicted molar refractivity (Wildman–Crippen MR) is 60.9 cm³/mol. The molecule has 0 saturated heterocycles. The van der Waals surface area contributed by atoms with Gasteiger partial charge in [0, 0.05) is 24.9 Å². The minimum Gasteiger partial charge on any atom is -0.329 e. The van der Waals surface area contributed by atoms with Gasteiger partial charge in [0.05, 0.1) is 0 Å². The van der Waals surface area contributed by atoms with Crippen LogP contribution in [0.15, 0.2) is 12.4 Å². The Kier molecular flexibility index (Phi) is 4.53. The van der Waals surface area contributed by atoms with E-state index in [9.17, 15) is 4.79 Å². The quantitative estimate of drug-likeness (QED) is 0.674. The first kappa shape index (κ1) is 12.0. The highest BCUT2D eigenvalue weighted by atomic mass is 16.1. The van der Waals surface area contributed by atoms with E-state index in [1.807, 2.05) is 17.7 Å². The molecule has 0 N–H and O–H groups in total. The molecular formula is C12H20N2O. The predicted octanol–water partition coefficient (Wildman–Crippen LogP) is 2.91. The molecule has 1 unspecified atom stereocenters. The van der Waals surface area contributed by atoms with Crippen molar-refractivity contribution in [1.82, 2.24) is 9.55 Å². The zero-order chi connectivity index (χ0) is 11.3. The van der Waals surface area contributed by atoms with Crippen molar-refractivity contribution in [2.45, 2.75) is 46.6 Å². The van der Waals surface area contributed by atoms with E-state index in [0.29, 0.717) is 5.82 Å². The van der Waals surface area contributed by atoms with E-state index >= 15 is 0 Å². The number of nitrogens with zero attached hydrogens (tertiary/aromatic N) is 2. The largest absolute Gasteiger partial charge is 0.329 e. The number of rotatable bonds is 6. The van der Waals surface area contributed by atoms with Crippen molar-refractivity contribution in [3.05, 3.63) is 18.2 Å². The minimum absolute atomic E-state index is 0.0907. The molecule has 15 heavy (non-hydrogen) atoms. The van der Waals surface area contributed by atoms with Crippen molar-refractivity contribution in [1.29, 1.82) is 0 Å². The molecule has 84 valence electrons. The molecule has 1 atom stereocenters. The number of Topliss-reactive ketones (excluding diaryl/α,β-unsaturated/α-hetero) is 1. The van der Waals surface area contributed by atoms with Gasteiger partial charge < -0.3 is 4.57 Å². The van der Waals surface area contributed by atoms with Crippen molar-refractivity contribution in [2.75, 3.05) is 0 Å². The molecule has 0 spiro atoms. The number of carbonyl (C=O) groups is 1. The molecular weight excluding hydrogens is 188 g/mol. The molecule has 1 heterocycles. The smallest absolute Gasteiger partial charge is 0.201 e. The molecule has 0 fully saturated rings. The maximum atomic E-state index is 12.0. The second-order valence-corrected chi connectivity index (χ2v) is 4.00. The highest BCUT2D eigenvalue weighted by Gasteiger charge is 2.18. The Bertz CT molecular complexity index is 317. The van der Waals surface area contributed by atoms with Gasteiger partial charge >= 0.3 is 0 Å². The Morgan fingerprint density at radius 2 is 2.20 bits per heavy atom. The number of ketones is 1. The summed E-state index contributed by atoms with van der Waals surface area (Å²) in [6.07, 6.45) is 6.61. The monoisotopic (exact) mass is 208 g/mol. The Hall–Kier alpha value is -1.12. The van der Waals surface area contributed by atoms with Crippen LogP contribution in [0.3, 0.4) is 0 Å². The van der Waals surface area contributed by atoms with Gasteiger partial charge in [0.15, 0.2) is 5.82 Å². The molecule has 1 rings (SSSR count). The molecule has 0 bridgehead atoms. The lowest BCUT2D eigenvalue weighted by Crippen LogP contribution is -2.17. The van der Waals surface area contributed by atoms with Crippen LogP contribution in [0.1, 0.15) is 50.7 Å². The van der Waals surface area contributed by atoms with E-state index in [1.54, 1.807) is 6.20 Å². The van der Waals surface area contributed by atoms with Crippen LogP contribution in [0.2, 0.25) is 0 Å². The van der Waals surface area contributed by atoms with Gasteiger partial charge in [-0.25, -0.2) is 4.98 Å². The van der Waals surface area contributed by atoms with Crippen LogP contribution in [0.5, 0.6) is 0 Å². The maximum absolute atomic E-state index is 12.0. The SMILES string of the molecule is CCCC(C)C(=O)c1nccn1CCC. The zero-order valence-corrected chi connectivity index (χ0v) is 9.86. The Labute approximate surface area is 91.5 Å². The van der Waals surface area contributed by atoms with E-state index in [0.717, 1.165) is 25.8 Å². The lowest BCUT2D eigenvalue weighted by atomic mass is 10.0. The summed E-state index contributed by atoms with van der Waals surface area (Å²) in [4.78, 5) is 16.2. The molecule has 0 aliphatic carbocycles. The molecule has 1 aromatic rings. The highest BCUT2D eigenvalue weighted by Crippen LogP contribution is 2.12. The fourth-order valence-electron chi connectivity index (χ4n) is 1.74. The third kappa shape index (κ3) is 2.91. The van der Waals surface area contributed by atoms with E-state index in [1.165, 1.54) is 0 Å². The summed E-state index contributed by atoms with van der Waals surface area (Å²) in [5.74, 6) is 0.890. The van der Waals surface area contributed by atoms with Gasteiger partial charge in [0.2, 0.25) is 5.78 Å². The first-order chi connectivity index (χ1) is 7.20. The highest BCUT2D eigenvalue weighted by molar-refractivity contribution is 5.94. The van der Waals surface area contributed by atoms with Gasteiger partial charge in [-0.05, 0) is 12.8 Å². The maximum Gasteiger partial charge on any atom is 0.201 e. The van der Waals surface area contributed by atoms with Crippen LogP contribution >= 0.6 is 0 Å². The Morgan fingerprint density at radius 1 is 1.47 bits per heavy atom. The summed E-state index contributed by atoms with van der Waals surface area (Å²) in [5, 5.41) is 0. The molecule has 0 amide bonds. The molecule has 0 radical (unpaired) electrons. The van der Waals surface area contributed by atoms with Crippen molar-refractivity contribution in [3.63, 3.8) is 0 Å². The number of aromatic nitrogens is 2. The standard InChI is InChI=1S/C12H20N2O/c1-4-6-10(3)11(15)12-13-7-9-14(12)8-5-2/h7,9-10H,4-6,8H2,1-3H3. The lowest BCUT2D eigenvalue weighted by molar-refractivity contribution is 0.0908. The van der Waals surface area contributed by atoms with Crippen LogP contribution in [-0.4, -0.2) is 15.3 Å². The fourth-order valence-corrected chi connectivity index (χ4v) is 1.74. The molecule has 3 heteroatoms. The van der Waals surface area contributed by atoms with Gasteiger partial charge in [0.25, 0.3) is 0 Å². The van der Waals surface area contributed by atoms with Crippen molar-refractivity contribution >= 4 is 5.78 Å². The number of hydrogen-bond donors (Lipinski definition) is 0. The molecule has 0 aliphatic rings. The second-order valence-electron chi connectivity index (χ2n) is 4.00. The third-order valence-corrected chi connectivity index (χ3v) is 2.57. The first-order valence-electron chi connectivity index (χ1n) is 5.76. The Morgan fingerprint density at radius 3 is 2.80 bits per heavy atom. The summed E-state index contributed by atoms with van der Waals surface area (Å²) in [5.41, 5.74) is 0. The molecule has 0 aliphatic heterocycles. The molecule has 3 nitrogen and oxygen atoms in total. The number of aryl methyl sites for hydroxylation is 1. The topological polar surface area (TPSA) is 34.9 Å². The van der Waals surface area contributed by atoms with Crippen molar-refractivity contribution in [3.8, 4) is 0 Å². The first-order valence-corrected chi connectivity index (χ1v) is 5.76. The fraction of sp³-hybridized carbons (Fsp3) is 0.667.